The van der Waals surface area contributed by atoms with Crippen LogP contribution in [0.1, 0.15) is 6.42 Å². The summed E-state index contributed by atoms with van der Waals surface area (Å²) >= 11 is 0. The Labute approximate surface area is 129 Å². The van der Waals surface area contributed by atoms with E-state index in [9.17, 15) is 9.59 Å². The van der Waals surface area contributed by atoms with Crippen LogP contribution in [-0.4, -0.2) is 42.0 Å². The molecule has 0 radical (unpaired) electrons. The van der Waals surface area contributed by atoms with Crippen LogP contribution in [0.5, 0.6) is 5.75 Å². The molecule has 0 saturated carbocycles. The average Bonchev–Trinajstić information content (AvgIpc) is 3.08. The third kappa shape index (κ3) is 3.67. The van der Waals surface area contributed by atoms with Gasteiger partial charge in [0.1, 0.15) is 11.9 Å². The van der Waals surface area contributed by atoms with Gasteiger partial charge in [0.05, 0.1) is 6.61 Å². The normalized spacial score (nSPS) is 10.6. The number of aryl methyl sites for hydroxylation is 1. The van der Waals surface area contributed by atoms with Crippen LogP contribution in [-0.2, 0) is 6.54 Å². The quantitative estimate of drug-likeness (QED) is 0.590. The summed E-state index contributed by atoms with van der Waals surface area (Å²) in [5.41, 5.74) is -0.207. The Morgan fingerprint density at radius 1 is 1.17 bits per heavy atom. The highest BCUT2D eigenvalue weighted by atomic mass is 16.5. The summed E-state index contributed by atoms with van der Waals surface area (Å²) in [6.07, 6.45) is 1.64. The molecule has 0 fully saturated rings. The molecule has 0 aliphatic heterocycles. The Bertz CT molecular complexity index is 868. The van der Waals surface area contributed by atoms with Crippen molar-refractivity contribution in [1.82, 2.24) is 35.4 Å². The number of benzene rings is 1. The van der Waals surface area contributed by atoms with E-state index in [-0.39, 0.29) is 0 Å². The van der Waals surface area contributed by atoms with Crippen LogP contribution in [0.25, 0.3) is 11.4 Å². The maximum Gasteiger partial charge on any atom is 0.344 e. The smallest absolute Gasteiger partial charge is 0.344 e. The number of tetrazole rings is 1. The molecule has 3 rings (SSSR count). The van der Waals surface area contributed by atoms with Crippen molar-refractivity contribution in [2.75, 3.05) is 6.61 Å². The van der Waals surface area contributed by atoms with Crippen molar-refractivity contribution in [3.63, 3.8) is 0 Å². The van der Waals surface area contributed by atoms with Gasteiger partial charge in [0.15, 0.2) is 0 Å². The first-order valence-electron chi connectivity index (χ1n) is 6.85. The Morgan fingerprint density at radius 2 is 2.00 bits per heavy atom. The molecule has 2 N–H and O–H groups in total. The molecule has 0 aliphatic carbocycles. The molecular weight excluding hydrogens is 302 g/mol. The van der Waals surface area contributed by atoms with Crippen LogP contribution in [0.15, 0.2) is 40.1 Å². The van der Waals surface area contributed by atoms with Crippen molar-refractivity contribution in [3.05, 3.63) is 51.3 Å². The van der Waals surface area contributed by atoms with E-state index in [4.69, 9.17) is 4.74 Å². The van der Waals surface area contributed by atoms with Gasteiger partial charge >= 0.3 is 5.69 Å². The van der Waals surface area contributed by atoms with Crippen molar-refractivity contribution in [2.45, 2.75) is 13.0 Å². The van der Waals surface area contributed by atoms with Gasteiger partial charge in [0, 0.05) is 18.5 Å². The number of H-pyrrole nitrogens is 2. The molecule has 0 aliphatic rings. The first-order chi connectivity index (χ1) is 11.2. The molecule has 3 aromatic rings. The van der Waals surface area contributed by atoms with E-state index in [0.29, 0.717) is 31.1 Å². The molecule has 0 spiro atoms. The van der Waals surface area contributed by atoms with Gasteiger partial charge in [-0.15, -0.1) is 10.2 Å². The molecule has 1 aromatic carbocycles. The molecule has 23 heavy (non-hydrogen) atoms. The minimum Gasteiger partial charge on any atom is -0.494 e. The van der Waals surface area contributed by atoms with Crippen LogP contribution >= 0.6 is 0 Å². The standard InChI is InChI=1S/C13H13N7O3/c21-11-8-14-20(13(22)15-11)6-1-7-23-10-4-2-9(3-5-10)12-16-18-19-17-12/h2-5,8H,1,6-7H2,(H,15,21,22)(H,16,17,18,19). The Kier molecular flexibility index (Phi) is 4.22. The number of rotatable bonds is 6. The largest absolute Gasteiger partial charge is 0.494 e. The van der Waals surface area contributed by atoms with Crippen LogP contribution in [0.2, 0.25) is 0 Å². The van der Waals surface area contributed by atoms with E-state index >= 15 is 0 Å². The lowest BCUT2D eigenvalue weighted by Gasteiger charge is -2.07. The highest BCUT2D eigenvalue weighted by molar-refractivity contribution is 5.54. The first-order valence-corrected chi connectivity index (χ1v) is 6.85. The predicted molar refractivity (Wildman–Crippen MR) is 78.8 cm³/mol. The van der Waals surface area contributed by atoms with Gasteiger partial charge in [0.2, 0.25) is 5.82 Å². The van der Waals surface area contributed by atoms with E-state index < -0.39 is 11.2 Å². The number of nitrogens with zero attached hydrogens (tertiary/aromatic N) is 5. The number of aromatic amines is 2. The van der Waals surface area contributed by atoms with E-state index in [1.165, 1.54) is 4.68 Å². The van der Waals surface area contributed by atoms with Crippen LogP contribution in [0.3, 0.4) is 0 Å². The zero-order valence-corrected chi connectivity index (χ0v) is 12.0. The summed E-state index contributed by atoms with van der Waals surface area (Å²) in [4.78, 5) is 24.5. The number of ether oxygens (including phenoxy) is 1. The van der Waals surface area contributed by atoms with Gasteiger partial charge < -0.3 is 4.74 Å². The lowest BCUT2D eigenvalue weighted by molar-refractivity contribution is 0.296. The van der Waals surface area contributed by atoms with Gasteiger partial charge in [-0.1, -0.05) is 0 Å². The Morgan fingerprint density at radius 3 is 2.70 bits per heavy atom. The van der Waals surface area contributed by atoms with Gasteiger partial charge in [0.25, 0.3) is 5.56 Å². The summed E-state index contributed by atoms with van der Waals surface area (Å²) in [6.45, 7) is 0.769. The molecule has 0 atom stereocenters. The number of aromatic nitrogens is 7. The highest BCUT2D eigenvalue weighted by Crippen LogP contribution is 2.18. The van der Waals surface area contributed by atoms with Crippen molar-refractivity contribution < 1.29 is 4.74 Å². The topological polar surface area (TPSA) is 131 Å². The monoisotopic (exact) mass is 315 g/mol. The second-order valence-electron chi connectivity index (χ2n) is 4.62. The van der Waals surface area contributed by atoms with E-state index in [0.717, 1.165) is 11.8 Å². The third-order valence-corrected chi connectivity index (χ3v) is 3.02. The molecule has 0 saturated heterocycles. The zero-order valence-electron chi connectivity index (χ0n) is 12.0. The zero-order chi connectivity index (χ0) is 16.1. The van der Waals surface area contributed by atoms with Gasteiger partial charge in [-0.2, -0.15) is 10.3 Å². The van der Waals surface area contributed by atoms with Gasteiger partial charge in [-0.25, -0.2) is 9.48 Å². The summed E-state index contributed by atoms with van der Waals surface area (Å²) in [7, 11) is 0. The highest BCUT2D eigenvalue weighted by Gasteiger charge is 2.03. The second kappa shape index (κ2) is 6.64. The lowest BCUT2D eigenvalue weighted by atomic mass is 10.2. The minimum atomic E-state index is -0.526. The van der Waals surface area contributed by atoms with Crippen molar-refractivity contribution in [2.24, 2.45) is 0 Å². The molecule has 10 heteroatoms. The maximum atomic E-state index is 11.4. The van der Waals surface area contributed by atoms with Crippen molar-refractivity contribution in [1.29, 1.82) is 0 Å². The number of hydrogen-bond donors (Lipinski definition) is 2. The Balaban J connectivity index is 1.51. The molecule has 2 aromatic heterocycles. The lowest BCUT2D eigenvalue weighted by Crippen LogP contribution is -2.31. The molecular formula is C13H13N7O3. The van der Waals surface area contributed by atoms with Crippen molar-refractivity contribution >= 4 is 0 Å². The molecule has 0 amide bonds. The fourth-order valence-corrected chi connectivity index (χ4v) is 1.92. The third-order valence-electron chi connectivity index (χ3n) is 3.02. The number of hydrogen-bond acceptors (Lipinski definition) is 7. The fraction of sp³-hybridized carbons (Fsp3) is 0.231. The molecule has 0 unspecified atom stereocenters. The summed E-state index contributed by atoms with van der Waals surface area (Å²) in [6, 6.07) is 7.26. The molecule has 10 nitrogen and oxygen atoms in total. The van der Waals surface area contributed by atoms with Crippen LogP contribution in [0.4, 0.5) is 0 Å². The second-order valence-corrected chi connectivity index (χ2v) is 4.62. The first kappa shape index (κ1) is 14.6. The summed E-state index contributed by atoms with van der Waals surface area (Å²) < 4.78 is 6.77. The number of nitrogens with one attached hydrogen (secondary N) is 2. The fourth-order valence-electron chi connectivity index (χ4n) is 1.92. The minimum absolute atomic E-state index is 0.358. The van der Waals surface area contributed by atoms with E-state index in [2.05, 4.69) is 30.7 Å². The molecule has 0 bridgehead atoms. The van der Waals surface area contributed by atoms with Crippen LogP contribution < -0.4 is 16.0 Å². The van der Waals surface area contributed by atoms with Gasteiger partial charge in [-0.3, -0.25) is 9.78 Å². The SMILES string of the molecule is O=c1cnn(CCCOc2ccc(-c3nn[nH]n3)cc2)c(=O)[nH]1. The van der Waals surface area contributed by atoms with Crippen LogP contribution in [0, 0.1) is 0 Å². The summed E-state index contributed by atoms with van der Waals surface area (Å²) in [5, 5.41) is 17.4. The molecule has 118 valence electrons. The molecule has 2 heterocycles. The van der Waals surface area contributed by atoms with Gasteiger partial charge in [-0.05, 0) is 29.5 Å². The van der Waals surface area contributed by atoms with Crippen molar-refractivity contribution in [3.8, 4) is 17.1 Å². The summed E-state index contributed by atoms with van der Waals surface area (Å²) in [5.74, 6) is 1.21. The predicted octanol–water partition coefficient (Wildman–Crippen LogP) is -0.419. The van der Waals surface area contributed by atoms with E-state index in [1.807, 2.05) is 12.1 Å². The Hall–Kier alpha value is -3.30. The maximum absolute atomic E-state index is 11.4. The van der Waals surface area contributed by atoms with E-state index in [1.54, 1.807) is 12.1 Å². The average molecular weight is 315 g/mol.